The number of aliphatic hydroxyl groups excluding tert-OH is 1. The highest BCUT2D eigenvalue weighted by atomic mass is 16.5. The summed E-state index contributed by atoms with van der Waals surface area (Å²) in [6.45, 7) is 4.05. The molecule has 1 rings (SSSR count). The van der Waals surface area contributed by atoms with Gasteiger partial charge in [-0.1, -0.05) is 24.3 Å². The molecule has 0 aliphatic carbocycles. The lowest BCUT2D eigenvalue weighted by atomic mass is 9.97. The van der Waals surface area contributed by atoms with Gasteiger partial charge in [0.2, 0.25) is 0 Å². The first kappa shape index (κ1) is 14.7. The predicted octanol–water partition coefficient (Wildman–Crippen LogP) is 2.16. The number of aliphatic hydroxyl groups is 1. The fourth-order valence-electron chi connectivity index (χ4n) is 1.56. The van der Waals surface area contributed by atoms with E-state index in [-0.39, 0.29) is 5.60 Å². The van der Waals surface area contributed by atoms with Crippen LogP contribution in [0, 0.1) is 0 Å². The van der Waals surface area contributed by atoms with Crippen molar-refractivity contribution in [2.75, 3.05) is 7.11 Å². The lowest BCUT2D eigenvalue weighted by Crippen LogP contribution is -2.23. The number of aliphatic carboxylic acids is 1. The third-order valence-corrected chi connectivity index (χ3v) is 3.10. The molecule has 0 amide bonds. The molecule has 0 aliphatic rings. The minimum atomic E-state index is -1.45. The average molecular weight is 252 g/mol. The van der Waals surface area contributed by atoms with Crippen LogP contribution < -0.4 is 0 Å². The predicted molar refractivity (Wildman–Crippen MR) is 68.4 cm³/mol. The van der Waals surface area contributed by atoms with Crippen molar-refractivity contribution in [1.82, 2.24) is 0 Å². The van der Waals surface area contributed by atoms with Crippen LogP contribution in [-0.2, 0) is 16.0 Å². The number of aryl methyl sites for hydroxylation is 1. The van der Waals surface area contributed by atoms with Gasteiger partial charge in [0.25, 0.3) is 0 Å². The van der Waals surface area contributed by atoms with Gasteiger partial charge < -0.3 is 14.9 Å². The Labute approximate surface area is 107 Å². The minimum Gasteiger partial charge on any atom is -0.479 e. The third-order valence-electron chi connectivity index (χ3n) is 3.10. The average Bonchev–Trinajstić information content (AvgIpc) is 2.36. The molecule has 100 valence electrons. The summed E-state index contributed by atoms with van der Waals surface area (Å²) >= 11 is 0. The molecule has 1 atom stereocenters. The van der Waals surface area contributed by atoms with Crippen LogP contribution in [0.5, 0.6) is 0 Å². The van der Waals surface area contributed by atoms with Gasteiger partial charge in [0.05, 0.1) is 5.60 Å². The van der Waals surface area contributed by atoms with E-state index in [4.69, 9.17) is 9.84 Å². The van der Waals surface area contributed by atoms with Crippen LogP contribution in [0.1, 0.15) is 37.5 Å². The van der Waals surface area contributed by atoms with Crippen molar-refractivity contribution in [3.8, 4) is 0 Å². The molecular weight excluding hydrogens is 232 g/mol. The van der Waals surface area contributed by atoms with E-state index in [1.165, 1.54) is 0 Å². The van der Waals surface area contributed by atoms with E-state index in [1.807, 2.05) is 26.0 Å². The van der Waals surface area contributed by atoms with Crippen LogP contribution in [-0.4, -0.2) is 28.9 Å². The molecule has 1 aromatic rings. The fraction of sp³-hybridized carbons (Fsp3) is 0.500. The van der Waals surface area contributed by atoms with E-state index in [1.54, 1.807) is 19.2 Å². The zero-order chi connectivity index (χ0) is 13.8. The zero-order valence-corrected chi connectivity index (χ0v) is 11.0. The Hall–Kier alpha value is -1.39. The summed E-state index contributed by atoms with van der Waals surface area (Å²) in [4.78, 5) is 10.6. The highest BCUT2D eigenvalue weighted by Gasteiger charge is 2.17. The first-order valence-corrected chi connectivity index (χ1v) is 5.90. The van der Waals surface area contributed by atoms with Crippen molar-refractivity contribution in [2.24, 2.45) is 0 Å². The lowest BCUT2D eigenvalue weighted by molar-refractivity contribution is -0.146. The van der Waals surface area contributed by atoms with Gasteiger partial charge in [-0.2, -0.15) is 0 Å². The number of rotatable bonds is 6. The van der Waals surface area contributed by atoms with Crippen LogP contribution in [0.15, 0.2) is 24.3 Å². The summed E-state index contributed by atoms with van der Waals surface area (Å²) < 4.78 is 5.34. The van der Waals surface area contributed by atoms with Crippen molar-refractivity contribution < 1.29 is 19.7 Å². The summed E-state index contributed by atoms with van der Waals surface area (Å²) in [6.07, 6.45) is 0.281. The number of benzene rings is 1. The first-order chi connectivity index (χ1) is 8.35. The Bertz CT molecular complexity index is 395. The molecule has 0 aromatic heterocycles. The number of ether oxygens (including phenoxy) is 1. The molecule has 0 saturated carbocycles. The molecule has 1 aromatic carbocycles. The van der Waals surface area contributed by atoms with E-state index in [0.29, 0.717) is 5.56 Å². The normalized spacial score (nSPS) is 13.3. The number of hydrogen-bond acceptors (Lipinski definition) is 3. The highest BCUT2D eigenvalue weighted by Crippen LogP contribution is 2.19. The number of carbonyl (C=O) groups is 1. The van der Waals surface area contributed by atoms with E-state index < -0.39 is 12.1 Å². The van der Waals surface area contributed by atoms with Crippen molar-refractivity contribution in [1.29, 1.82) is 0 Å². The second kappa shape index (κ2) is 5.98. The van der Waals surface area contributed by atoms with Crippen molar-refractivity contribution in [3.63, 3.8) is 0 Å². The quantitative estimate of drug-likeness (QED) is 0.814. The van der Waals surface area contributed by atoms with Crippen molar-refractivity contribution in [2.45, 2.75) is 38.4 Å². The summed E-state index contributed by atoms with van der Waals surface area (Å²) in [5, 5.41) is 18.0. The summed E-state index contributed by atoms with van der Waals surface area (Å²) in [5.41, 5.74) is 1.33. The molecular formula is C14H20O4. The highest BCUT2D eigenvalue weighted by molar-refractivity contribution is 5.73. The largest absolute Gasteiger partial charge is 0.479 e. The standard InChI is InChI=1S/C14H20O4/c1-14(2,18-3)9-8-10-4-6-11(7-5-10)12(15)13(16)17/h4-7,12,15H,8-9H2,1-3H3,(H,16,17). The van der Waals surface area contributed by atoms with E-state index in [2.05, 4.69) is 0 Å². The molecule has 0 fully saturated rings. The Morgan fingerprint density at radius 3 is 2.33 bits per heavy atom. The molecule has 0 bridgehead atoms. The first-order valence-electron chi connectivity index (χ1n) is 5.90. The Morgan fingerprint density at radius 1 is 1.33 bits per heavy atom. The van der Waals surface area contributed by atoms with Crippen LogP contribution in [0.4, 0.5) is 0 Å². The molecule has 2 N–H and O–H groups in total. The van der Waals surface area contributed by atoms with Crippen molar-refractivity contribution in [3.05, 3.63) is 35.4 Å². The SMILES string of the molecule is COC(C)(C)CCc1ccc(C(O)C(=O)O)cc1. The summed E-state index contributed by atoms with van der Waals surface area (Å²) in [5.74, 6) is -1.23. The number of carboxylic acids is 1. The monoisotopic (exact) mass is 252 g/mol. The molecule has 0 radical (unpaired) electrons. The van der Waals surface area contributed by atoms with E-state index >= 15 is 0 Å². The van der Waals surface area contributed by atoms with Crippen molar-refractivity contribution >= 4 is 5.97 Å². The second-order valence-corrected chi connectivity index (χ2v) is 4.95. The molecule has 0 spiro atoms. The van der Waals surface area contributed by atoms with Gasteiger partial charge in [-0.15, -0.1) is 0 Å². The maximum Gasteiger partial charge on any atom is 0.337 e. The number of carboxylic acid groups (broad SMARTS) is 1. The van der Waals surface area contributed by atoms with E-state index in [9.17, 15) is 9.90 Å². The van der Waals surface area contributed by atoms with Crippen LogP contribution in [0.2, 0.25) is 0 Å². The van der Waals surface area contributed by atoms with Gasteiger partial charge in [-0.3, -0.25) is 0 Å². The fourth-order valence-corrected chi connectivity index (χ4v) is 1.56. The van der Waals surface area contributed by atoms with Crippen LogP contribution >= 0.6 is 0 Å². The van der Waals surface area contributed by atoms with Crippen LogP contribution in [0.3, 0.4) is 0 Å². The van der Waals surface area contributed by atoms with Gasteiger partial charge in [-0.25, -0.2) is 4.79 Å². The molecule has 1 unspecified atom stereocenters. The lowest BCUT2D eigenvalue weighted by Gasteiger charge is -2.22. The van der Waals surface area contributed by atoms with Gasteiger partial charge in [-0.05, 0) is 37.8 Å². The molecule has 18 heavy (non-hydrogen) atoms. The zero-order valence-electron chi connectivity index (χ0n) is 11.0. The van der Waals surface area contributed by atoms with Crippen LogP contribution in [0.25, 0.3) is 0 Å². The summed E-state index contributed by atoms with van der Waals surface area (Å²) in [6, 6.07) is 6.97. The Kier molecular flexibility index (Phi) is 4.87. The maximum atomic E-state index is 10.6. The van der Waals surface area contributed by atoms with Gasteiger partial charge in [0.1, 0.15) is 0 Å². The maximum absolute atomic E-state index is 10.6. The van der Waals surface area contributed by atoms with Gasteiger partial charge in [0, 0.05) is 7.11 Å². The Morgan fingerprint density at radius 2 is 1.89 bits per heavy atom. The Balaban J connectivity index is 2.64. The third kappa shape index (κ3) is 4.13. The molecule has 4 nitrogen and oxygen atoms in total. The molecule has 4 heteroatoms. The second-order valence-electron chi connectivity index (χ2n) is 4.95. The molecule has 0 saturated heterocycles. The smallest absolute Gasteiger partial charge is 0.337 e. The minimum absolute atomic E-state index is 0.167. The number of methoxy groups -OCH3 is 1. The number of hydrogen-bond donors (Lipinski definition) is 2. The molecule has 0 heterocycles. The van der Waals surface area contributed by atoms with Gasteiger partial charge in [0.15, 0.2) is 6.10 Å². The molecule has 0 aliphatic heterocycles. The van der Waals surface area contributed by atoms with E-state index in [0.717, 1.165) is 18.4 Å². The van der Waals surface area contributed by atoms with Gasteiger partial charge >= 0.3 is 5.97 Å². The topological polar surface area (TPSA) is 66.8 Å². The summed E-state index contributed by atoms with van der Waals surface area (Å²) in [7, 11) is 1.69.